The molecule has 1 saturated heterocycles. The van der Waals surface area contributed by atoms with Crippen LogP contribution in [0, 0.1) is 5.92 Å². The van der Waals surface area contributed by atoms with E-state index in [0.717, 1.165) is 30.8 Å². The summed E-state index contributed by atoms with van der Waals surface area (Å²) in [6.45, 7) is 2.33. The third-order valence-corrected chi connectivity index (χ3v) is 4.04. The second kappa shape index (κ2) is 6.25. The quantitative estimate of drug-likeness (QED) is 0.904. The standard InChI is InChI=1S/C14H20N2OS/c1-18-10-11-2-4-13(5-3-11)14(17)16-7-6-12(8-15)9-16/h2-5,12H,6-10,15H2,1H3. The number of nitrogens with zero attached hydrogens (tertiary/aromatic N) is 1. The molecule has 1 atom stereocenters. The molecule has 1 fully saturated rings. The summed E-state index contributed by atoms with van der Waals surface area (Å²) in [6.07, 6.45) is 3.11. The Hall–Kier alpha value is -1.00. The first-order valence-electron chi connectivity index (χ1n) is 6.32. The molecule has 18 heavy (non-hydrogen) atoms. The molecule has 1 aliphatic heterocycles. The van der Waals surface area contributed by atoms with Crippen molar-refractivity contribution in [3.05, 3.63) is 35.4 Å². The van der Waals surface area contributed by atoms with Gasteiger partial charge in [0.15, 0.2) is 0 Å². The number of benzene rings is 1. The van der Waals surface area contributed by atoms with E-state index < -0.39 is 0 Å². The van der Waals surface area contributed by atoms with E-state index in [0.29, 0.717) is 12.5 Å². The van der Waals surface area contributed by atoms with E-state index in [1.54, 1.807) is 11.8 Å². The lowest BCUT2D eigenvalue weighted by molar-refractivity contribution is 0.0787. The number of hydrogen-bond donors (Lipinski definition) is 1. The summed E-state index contributed by atoms with van der Waals surface area (Å²) in [5, 5.41) is 0. The van der Waals surface area contributed by atoms with Gasteiger partial charge in [-0.15, -0.1) is 0 Å². The van der Waals surface area contributed by atoms with Crippen molar-refractivity contribution in [3.8, 4) is 0 Å². The number of carbonyl (C=O) groups is 1. The summed E-state index contributed by atoms with van der Waals surface area (Å²) in [6, 6.07) is 7.95. The summed E-state index contributed by atoms with van der Waals surface area (Å²) in [5.74, 6) is 1.61. The summed E-state index contributed by atoms with van der Waals surface area (Å²) in [4.78, 5) is 14.2. The van der Waals surface area contributed by atoms with Crippen LogP contribution < -0.4 is 5.73 Å². The van der Waals surface area contributed by atoms with Gasteiger partial charge in [-0.2, -0.15) is 11.8 Å². The van der Waals surface area contributed by atoms with Gasteiger partial charge in [0.25, 0.3) is 5.91 Å². The molecule has 0 aromatic heterocycles. The van der Waals surface area contributed by atoms with Gasteiger partial charge in [-0.3, -0.25) is 4.79 Å². The van der Waals surface area contributed by atoms with Crippen LogP contribution in [0.1, 0.15) is 22.3 Å². The summed E-state index contributed by atoms with van der Waals surface area (Å²) >= 11 is 1.79. The second-order valence-electron chi connectivity index (χ2n) is 4.77. The zero-order valence-corrected chi connectivity index (χ0v) is 11.6. The number of likely N-dealkylation sites (tertiary alicyclic amines) is 1. The molecule has 0 radical (unpaired) electrons. The van der Waals surface area contributed by atoms with Crippen molar-refractivity contribution < 1.29 is 4.79 Å². The van der Waals surface area contributed by atoms with Crippen molar-refractivity contribution in [2.45, 2.75) is 12.2 Å². The van der Waals surface area contributed by atoms with Crippen LogP contribution >= 0.6 is 11.8 Å². The molecule has 0 saturated carbocycles. The monoisotopic (exact) mass is 264 g/mol. The number of rotatable bonds is 4. The smallest absolute Gasteiger partial charge is 0.253 e. The highest BCUT2D eigenvalue weighted by atomic mass is 32.2. The van der Waals surface area contributed by atoms with Crippen LogP contribution in [0.25, 0.3) is 0 Å². The van der Waals surface area contributed by atoms with Crippen LogP contribution in [0.4, 0.5) is 0 Å². The van der Waals surface area contributed by atoms with Crippen molar-refractivity contribution in [2.75, 3.05) is 25.9 Å². The zero-order chi connectivity index (χ0) is 13.0. The minimum atomic E-state index is 0.140. The Labute approximate surface area is 113 Å². The van der Waals surface area contributed by atoms with E-state index in [9.17, 15) is 4.79 Å². The largest absolute Gasteiger partial charge is 0.338 e. The van der Waals surface area contributed by atoms with E-state index >= 15 is 0 Å². The van der Waals surface area contributed by atoms with Gasteiger partial charge < -0.3 is 10.6 Å². The molecule has 1 amide bonds. The molecule has 4 heteroatoms. The Morgan fingerprint density at radius 3 is 2.72 bits per heavy atom. The average molecular weight is 264 g/mol. The van der Waals surface area contributed by atoms with Gasteiger partial charge in [-0.1, -0.05) is 12.1 Å². The number of nitrogens with two attached hydrogens (primary N) is 1. The van der Waals surface area contributed by atoms with E-state index in [-0.39, 0.29) is 5.91 Å². The van der Waals surface area contributed by atoms with Crippen LogP contribution in [0.15, 0.2) is 24.3 Å². The highest BCUT2D eigenvalue weighted by molar-refractivity contribution is 7.97. The Morgan fingerprint density at radius 2 is 2.17 bits per heavy atom. The Bertz CT molecular complexity index is 405. The lowest BCUT2D eigenvalue weighted by atomic mass is 10.1. The summed E-state index contributed by atoms with van der Waals surface area (Å²) in [5.41, 5.74) is 7.70. The van der Waals surface area contributed by atoms with Crippen molar-refractivity contribution in [2.24, 2.45) is 11.7 Å². The predicted octanol–water partition coefficient (Wildman–Crippen LogP) is 1.97. The molecule has 2 rings (SSSR count). The first-order valence-corrected chi connectivity index (χ1v) is 7.71. The number of amides is 1. The fourth-order valence-corrected chi connectivity index (χ4v) is 2.83. The van der Waals surface area contributed by atoms with Crippen molar-refractivity contribution in [1.82, 2.24) is 4.90 Å². The third kappa shape index (κ3) is 3.06. The maximum atomic E-state index is 12.3. The van der Waals surface area contributed by atoms with Gasteiger partial charge in [0.1, 0.15) is 0 Å². The first kappa shape index (κ1) is 13.4. The van der Waals surface area contributed by atoms with Crippen LogP contribution in [0.5, 0.6) is 0 Å². The molecule has 2 N–H and O–H groups in total. The Kier molecular flexibility index (Phi) is 4.66. The van der Waals surface area contributed by atoms with Crippen LogP contribution in [-0.2, 0) is 5.75 Å². The Morgan fingerprint density at radius 1 is 1.44 bits per heavy atom. The van der Waals surface area contributed by atoms with Gasteiger partial charge in [0.05, 0.1) is 0 Å². The molecule has 0 spiro atoms. The van der Waals surface area contributed by atoms with E-state index in [1.807, 2.05) is 29.2 Å². The molecule has 0 aliphatic carbocycles. The second-order valence-corrected chi connectivity index (χ2v) is 5.64. The van der Waals surface area contributed by atoms with Crippen molar-refractivity contribution >= 4 is 17.7 Å². The molecule has 98 valence electrons. The SMILES string of the molecule is CSCc1ccc(C(=O)N2CCC(CN)C2)cc1. The fraction of sp³-hybridized carbons (Fsp3) is 0.500. The van der Waals surface area contributed by atoms with Gasteiger partial charge in [0.2, 0.25) is 0 Å². The molecular formula is C14H20N2OS. The molecule has 1 aliphatic rings. The molecule has 0 bridgehead atoms. The van der Waals surface area contributed by atoms with Gasteiger partial charge >= 0.3 is 0 Å². The zero-order valence-electron chi connectivity index (χ0n) is 10.8. The van der Waals surface area contributed by atoms with E-state index in [1.165, 1.54) is 5.56 Å². The lowest BCUT2D eigenvalue weighted by Crippen LogP contribution is -2.29. The summed E-state index contributed by atoms with van der Waals surface area (Å²) in [7, 11) is 0. The number of thioether (sulfide) groups is 1. The maximum absolute atomic E-state index is 12.3. The molecule has 1 aromatic rings. The molecule has 3 nitrogen and oxygen atoms in total. The minimum absolute atomic E-state index is 0.140. The van der Waals surface area contributed by atoms with Crippen molar-refractivity contribution in [1.29, 1.82) is 0 Å². The molecular weight excluding hydrogens is 244 g/mol. The topological polar surface area (TPSA) is 46.3 Å². The Balaban J connectivity index is 2.00. The van der Waals surface area contributed by atoms with Gasteiger partial charge in [-0.25, -0.2) is 0 Å². The normalized spacial score (nSPS) is 19.2. The van der Waals surface area contributed by atoms with E-state index in [2.05, 4.69) is 6.26 Å². The molecule has 1 unspecified atom stereocenters. The highest BCUT2D eigenvalue weighted by Gasteiger charge is 2.25. The average Bonchev–Trinajstić information content (AvgIpc) is 2.88. The number of hydrogen-bond acceptors (Lipinski definition) is 3. The van der Waals surface area contributed by atoms with Crippen molar-refractivity contribution in [3.63, 3.8) is 0 Å². The molecule has 1 aromatic carbocycles. The first-order chi connectivity index (χ1) is 8.74. The number of carbonyl (C=O) groups excluding carboxylic acids is 1. The lowest BCUT2D eigenvalue weighted by Gasteiger charge is -2.16. The van der Waals surface area contributed by atoms with Gasteiger partial charge in [-0.05, 0) is 42.8 Å². The van der Waals surface area contributed by atoms with Crippen LogP contribution in [-0.4, -0.2) is 36.7 Å². The summed E-state index contributed by atoms with van der Waals surface area (Å²) < 4.78 is 0. The minimum Gasteiger partial charge on any atom is -0.338 e. The fourth-order valence-electron chi connectivity index (χ4n) is 2.30. The van der Waals surface area contributed by atoms with Gasteiger partial charge in [0, 0.05) is 24.4 Å². The molecule has 1 heterocycles. The highest BCUT2D eigenvalue weighted by Crippen LogP contribution is 2.18. The third-order valence-electron chi connectivity index (χ3n) is 3.42. The predicted molar refractivity (Wildman–Crippen MR) is 76.7 cm³/mol. The van der Waals surface area contributed by atoms with E-state index in [4.69, 9.17) is 5.73 Å². The maximum Gasteiger partial charge on any atom is 0.253 e. The van der Waals surface area contributed by atoms with Crippen LogP contribution in [0.2, 0.25) is 0 Å². The van der Waals surface area contributed by atoms with Crippen LogP contribution in [0.3, 0.4) is 0 Å².